The Morgan fingerprint density at radius 1 is 1.13 bits per heavy atom. The maximum atomic E-state index is 12.7. The van der Waals surface area contributed by atoms with Crippen LogP contribution in [0.15, 0.2) is 54.7 Å². The Morgan fingerprint density at radius 2 is 1.82 bits per heavy atom. The first-order chi connectivity index (χ1) is 18.1. The van der Waals surface area contributed by atoms with Gasteiger partial charge in [-0.3, -0.25) is 4.57 Å². The van der Waals surface area contributed by atoms with Gasteiger partial charge in [0.25, 0.3) is 0 Å². The molecule has 0 saturated carbocycles. The van der Waals surface area contributed by atoms with Crippen molar-refractivity contribution in [3.05, 3.63) is 64.8 Å². The minimum atomic E-state index is -4.78. The first-order valence-electron chi connectivity index (χ1n) is 12.0. The number of halogens is 3. The third-order valence-corrected chi connectivity index (χ3v) is 6.31. The van der Waals surface area contributed by atoms with Crippen molar-refractivity contribution in [1.82, 2.24) is 9.55 Å². The molecule has 0 aliphatic carbocycles. The number of alkyl halides is 3. The lowest BCUT2D eigenvalue weighted by Gasteiger charge is -2.34. The van der Waals surface area contributed by atoms with Gasteiger partial charge in [-0.1, -0.05) is 12.1 Å². The van der Waals surface area contributed by atoms with Gasteiger partial charge in [0.05, 0.1) is 6.54 Å². The van der Waals surface area contributed by atoms with Crippen molar-refractivity contribution in [3.8, 4) is 23.3 Å². The quantitative estimate of drug-likeness (QED) is 0.295. The molecule has 1 saturated heterocycles. The molecule has 202 valence electrons. The van der Waals surface area contributed by atoms with Crippen molar-refractivity contribution in [2.24, 2.45) is 0 Å². The van der Waals surface area contributed by atoms with E-state index in [9.17, 15) is 23.3 Å². The van der Waals surface area contributed by atoms with Gasteiger partial charge in [0.15, 0.2) is 17.1 Å². The standard InChI is InChI=1S/C25H25F3N4O6/c1-24(15-31-14-22(32(33)34)29-23(31)38-24)16-35-18-8-6-17(7-9-18)30-12-10-19(11-13-30)36-20-4-2-3-5-21(20)37-25(26,27)28/h2-9,14,19H,10-13,15-16H2,1H3. The maximum absolute atomic E-state index is 12.7. The Morgan fingerprint density at radius 3 is 2.45 bits per heavy atom. The van der Waals surface area contributed by atoms with Gasteiger partial charge in [0.2, 0.25) is 0 Å². The third kappa shape index (κ3) is 5.87. The fraction of sp³-hybridized carbons (Fsp3) is 0.400. The van der Waals surface area contributed by atoms with E-state index < -0.39 is 16.9 Å². The lowest BCUT2D eigenvalue weighted by Crippen LogP contribution is -2.38. The summed E-state index contributed by atoms with van der Waals surface area (Å²) in [6.45, 7) is 3.81. The second-order valence-electron chi connectivity index (χ2n) is 9.40. The number of para-hydroxylation sites is 2. The van der Waals surface area contributed by atoms with Crippen LogP contribution < -0.4 is 23.8 Å². The summed E-state index contributed by atoms with van der Waals surface area (Å²) in [7, 11) is 0. The highest BCUT2D eigenvalue weighted by Gasteiger charge is 2.41. The summed E-state index contributed by atoms with van der Waals surface area (Å²) >= 11 is 0. The molecule has 5 rings (SSSR count). The van der Waals surface area contributed by atoms with Crippen molar-refractivity contribution < 1.29 is 37.0 Å². The summed E-state index contributed by atoms with van der Waals surface area (Å²) in [5, 5.41) is 10.9. The molecule has 1 atom stereocenters. The molecule has 0 radical (unpaired) electrons. The molecule has 1 unspecified atom stereocenters. The molecule has 13 heteroatoms. The first kappa shape index (κ1) is 25.5. The van der Waals surface area contributed by atoms with Crippen LogP contribution in [0.5, 0.6) is 23.3 Å². The van der Waals surface area contributed by atoms with E-state index in [1.54, 1.807) is 10.6 Å². The fourth-order valence-corrected chi connectivity index (χ4v) is 4.51. The highest BCUT2D eigenvalue weighted by molar-refractivity contribution is 5.49. The molecular weight excluding hydrogens is 509 g/mol. The largest absolute Gasteiger partial charge is 0.573 e. The Hall–Kier alpha value is -4.16. The van der Waals surface area contributed by atoms with Crippen LogP contribution in [-0.2, 0) is 6.54 Å². The number of rotatable bonds is 8. The summed E-state index contributed by atoms with van der Waals surface area (Å²) in [4.78, 5) is 16.3. The predicted molar refractivity (Wildman–Crippen MR) is 129 cm³/mol. The third-order valence-electron chi connectivity index (χ3n) is 6.31. The van der Waals surface area contributed by atoms with E-state index in [1.165, 1.54) is 24.4 Å². The summed E-state index contributed by atoms with van der Waals surface area (Å²) in [5.74, 6) is 0.121. The smallest absolute Gasteiger partial charge is 0.489 e. The van der Waals surface area contributed by atoms with Crippen molar-refractivity contribution in [3.63, 3.8) is 0 Å². The molecule has 2 aliphatic rings. The molecule has 0 spiro atoms. The number of nitro groups is 1. The Kier molecular flexibility index (Phi) is 6.67. The fourth-order valence-electron chi connectivity index (χ4n) is 4.51. The van der Waals surface area contributed by atoms with Gasteiger partial charge < -0.3 is 34.0 Å². The van der Waals surface area contributed by atoms with E-state index in [4.69, 9.17) is 14.2 Å². The Balaban J connectivity index is 1.11. The number of fused-ring (bicyclic) bond motifs is 1. The van der Waals surface area contributed by atoms with Crippen LogP contribution in [0.4, 0.5) is 24.7 Å². The van der Waals surface area contributed by atoms with Crippen LogP contribution in [0, 0.1) is 10.1 Å². The second-order valence-corrected chi connectivity index (χ2v) is 9.40. The Labute approximate surface area is 215 Å². The van der Waals surface area contributed by atoms with Gasteiger partial charge in [-0.05, 0) is 48.2 Å². The molecule has 3 heterocycles. The highest BCUT2D eigenvalue weighted by Crippen LogP contribution is 2.35. The molecule has 1 aromatic heterocycles. The molecule has 3 aromatic rings. The van der Waals surface area contributed by atoms with Crippen LogP contribution in [0.25, 0.3) is 0 Å². The zero-order chi connectivity index (χ0) is 26.9. The predicted octanol–water partition coefficient (Wildman–Crippen LogP) is 4.97. The van der Waals surface area contributed by atoms with E-state index in [-0.39, 0.29) is 36.0 Å². The number of anilines is 1. The van der Waals surface area contributed by atoms with Gasteiger partial charge >= 0.3 is 18.2 Å². The number of ether oxygens (including phenoxy) is 4. The summed E-state index contributed by atoms with van der Waals surface area (Å²) < 4.78 is 61.2. The van der Waals surface area contributed by atoms with Gasteiger partial charge in [-0.15, -0.1) is 13.2 Å². The van der Waals surface area contributed by atoms with Crippen LogP contribution in [0.2, 0.25) is 0 Å². The van der Waals surface area contributed by atoms with Gasteiger partial charge in [-0.2, -0.15) is 0 Å². The van der Waals surface area contributed by atoms with E-state index in [0.29, 0.717) is 38.2 Å². The SMILES string of the molecule is CC1(COc2ccc(N3CCC(Oc4ccccc4OC(F)(F)F)CC3)cc2)Cn2cc([N+](=O)[O-])nc2O1. The maximum Gasteiger partial charge on any atom is 0.573 e. The van der Waals surface area contributed by atoms with Crippen LogP contribution in [-0.4, -0.2) is 52.2 Å². The minimum Gasteiger partial charge on any atom is -0.489 e. The topological polar surface area (TPSA) is 101 Å². The average molecular weight is 534 g/mol. The van der Waals surface area contributed by atoms with E-state index >= 15 is 0 Å². The number of hydrogen-bond acceptors (Lipinski definition) is 8. The zero-order valence-corrected chi connectivity index (χ0v) is 20.4. The van der Waals surface area contributed by atoms with E-state index in [0.717, 1.165) is 5.69 Å². The lowest BCUT2D eigenvalue weighted by molar-refractivity contribution is -0.389. The normalized spacial score (nSPS) is 19.5. The number of benzene rings is 2. The molecular formula is C25H25F3N4O6. The summed E-state index contributed by atoms with van der Waals surface area (Å²) in [5.41, 5.74) is 0.286. The molecule has 2 aliphatic heterocycles. The lowest BCUT2D eigenvalue weighted by atomic mass is 10.1. The Bertz CT molecular complexity index is 1270. The number of piperidine rings is 1. The molecule has 10 nitrogen and oxygen atoms in total. The molecule has 38 heavy (non-hydrogen) atoms. The van der Waals surface area contributed by atoms with Gasteiger partial charge in [-0.25, -0.2) is 0 Å². The zero-order valence-electron chi connectivity index (χ0n) is 20.4. The molecule has 0 N–H and O–H groups in total. The van der Waals surface area contributed by atoms with Crippen LogP contribution in [0.3, 0.4) is 0 Å². The summed E-state index contributed by atoms with van der Waals surface area (Å²) in [6, 6.07) is 13.6. The number of imidazole rings is 1. The minimum absolute atomic E-state index is 0.0754. The van der Waals surface area contributed by atoms with Crippen molar-refractivity contribution >= 4 is 11.5 Å². The first-order valence-corrected chi connectivity index (χ1v) is 12.0. The number of nitrogens with zero attached hydrogens (tertiary/aromatic N) is 4. The molecule has 0 bridgehead atoms. The van der Waals surface area contributed by atoms with Crippen LogP contribution >= 0.6 is 0 Å². The average Bonchev–Trinajstić information content (AvgIpc) is 3.40. The van der Waals surface area contributed by atoms with Crippen molar-refractivity contribution in [1.29, 1.82) is 0 Å². The summed E-state index contributed by atoms with van der Waals surface area (Å²) in [6.07, 6.45) is -2.39. The van der Waals surface area contributed by atoms with E-state index in [2.05, 4.69) is 14.6 Å². The highest BCUT2D eigenvalue weighted by atomic mass is 19.4. The molecule has 2 aromatic carbocycles. The second kappa shape index (κ2) is 9.95. The van der Waals surface area contributed by atoms with Crippen LogP contribution in [0.1, 0.15) is 19.8 Å². The number of aromatic nitrogens is 2. The molecule has 0 amide bonds. The van der Waals surface area contributed by atoms with Crippen molar-refractivity contribution in [2.75, 3.05) is 24.6 Å². The monoisotopic (exact) mass is 534 g/mol. The van der Waals surface area contributed by atoms with Crippen molar-refractivity contribution in [2.45, 2.75) is 44.4 Å². The number of hydrogen-bond donors (Lipinski definition) is 0. The molecule has 1 fully saturated rings. The van der Waals surface area contributed by atoms with Gasteiger partial charge in [0.1, 0.15) is 24.7 Å². The van der Waals surface area contributed by atoms with Gasteiger partial charge in [0, 0.05) is 36.6 Å². The van der Waals surface area contributed by atoms with E-state index in [1.807, 2.05) is 31.2 Å².